The Morgan fingerprint density at radius 1 is 1.47 bits per heavy atom. The van der Waals surface area contributed by atoms with E-state index in [2.05, 4.69) is 42.5 Å². The molecule has 17 heavy (non-hydrogen) atoms. The lowest BCUT2D eigenvalue weighted by Crippen LogP contribution is -2.40. The summed E-state index contributed by atoms with van der Waals surface area (Å²) in [7, 11) is 2.17. The number of thiophene rings is 1. The SMILES string of the molecule is CC(c1cccs1)N(C)C1CCCCC1C#N. The average molecular weight is 248 g/mol. The molecule has 3 unspecified atom stereocenters. The monoisotopic (exact) mass is 248 g/mol. The van der Waals surface area contributed by atoms with Crippen LogP contribution in [0.25, 0.3) is 0 Å². The second kappa shape index (κ2) is 5.66. The summed E-state index contributed by atoms with van der Waals surface area (Å²) in [6, 6.07) is 7.65. The molecule has 1 aromatic heterocycles. The van der Waals surface area contributed by atoms with Crippen molar-refractivity contribution in [1.82, 2.24) is 4.90 Å². The van der Waals surface area contributed by atoms with Crippen molar-refractivity contribution < 1.29 is 0 Å². The van der Waals surface area contributed by atoms with Crippen molar-refractivity contribution in [1.29, 1.82) is 5.26 Å². The molecule has 3 atom stereocenters. The predicted octanol–water partition coefficient (Wildman–Crippen LogP) is 3.82. The number of rotatable bonds is 3. The van der Waals surface area contributed by atoms with Crippen LogP contribution in [0, 0.1) is 17.2 Å². The molecule has 0 amide bonds. The van der Waals surface area contributed by atoms with Crippen LogP contribution in [0.15, 0.2) is 17.5 Å². The van der Waals surface area contributed by atoms with E-state index in [1.165, 1.54) is 24.1 Å². The van der Waals surface area contributed by atoms with Crippen LogP contribution in [0.4, 0.5) is 0 Å². The summed E-state index contributed by atoms with van der Waals surface area (Å²) in [6.45, 7) is 2.24. The number of nitrogens with zero attached hydrogens (tertiary/aromatic N) is 2. The molecule has 0 aliphatic heterocycles. The van der Waals surface area contributed by atoms with Crippen LogP contribution in [-0.2, 0) is 0 Å². The van der Waals surface area contributed by atoms with Gasteiger partial charge in [0.25, 0.3) is 0 Å². The van der Waals surface area contributed by atoms with Gasteiger partial charge in [-0.2, -0.15) is 5.26 Å². The predicted molar refractivity (Wildman–Crippen MR) is 71.9 cm³/mol. The molecule has 2 rings (SSSR count). The zero-order valence-corrected chi connectivity index (χ0v) is 11.4. The summed E-state index contributed by atoms with van der Waals surface area (Å²) < 4.78 is 0. The largest absolute Gasteiger partial charge is 0.295 e. The van der Waals surface area contributed by atoms with Crippen LogP contribution in [-0.4, -0.2) is 18.0 Å². The second-order valence-electron chi connectivity index (χ2n) is 4.94. The summed E-state index contributed by atoms with van der Waals surface area (Å²) in [5.74, 6) is 0.219. The minimum absolute atomic E-state index is 0.219. The zero-order chi connectivity index (χ0) is 12.3. The first-order valence-corrected chi connectivity index (χ1v) is 7.27. The third-order valence-electron chi connectivity index (χ3n) is 3.98. The summed E-state index contributed by atoms with van der Waals surface area (Å²) >= 11 is 1.81. The van der Waals surface area contributed by atoms with Crippen molar-refractivity contribution in [2.45, 2.75) is 44.7 Å². The fourth-order valence-electron chi connectivity index (χ4n) is 2.77. The van der Waals surface area contributed by atoms with Gasteiger partial charge in [-0.05, 0) is 38.3 Å². The molecule has 0 saturated heterocycles. The van der Waals surface area contributed by atoms with E-state index >= 15 is 0 Å². The Morgan fingerprint density at radius 3 is 2.88 bits per heavy atom. The first-order valence-electron chi connectivity index (χ1n) is 6.39. The molecule has 1 saturated carbocycles. The number of hydrogen-bond donors (Lipinski definition) is 0. The zero-order valence-electron chi connectivity index (χ0n) is 10.6. The van der Waals surface area contributed by atoms with Crippen LogP contribution in [0.3, 0.4) is 0 Å². The third-order valence-corrected chi connectivity index (χ3v) is 5.03. The Morgan fingerprint density at radius 2 is 2.24 bits per heavy atom. The Labute approximate surface area is 108 Å². The van der Waals surface area contributed by atoms with Crippen molar-refractivity contribution in [2.24, 2.45) is 5.92 Å². The minimum Gasteiger partial charge on any atom is -0.295 e. The smallest absolute Gasteiger partial charge is 0.0672 e. The summed E-state index contributed by atoms with van der Waals surface area (Å²) in [5, 5.41) is 11.4. The third kappa shape index (κ3) is 2.70. The fraction of sp³-hybridized carbons (Fsp3) is 0.643. The van der Waals surface area contributed by atoms with Crippen molar-refractivity contribution >= 4 is 11.3 Å². The Hall–Kier alpha value is -0.850. The topological polar surface area (TPSA) is 27.0 Å². The van der Waals surface area contributed by atoms with Crippen molar-refractivity contribution in [3.63, 3.8) is 0 Å². The van der Waals surface area contributed by atoms with E-state index in [1.807, 2.05) is 11.3 Å². The van der Waals surface area contributed by atoms with Crippen LogP contribution in [0.5, 0.6) is 0 Å². The molecule has 92 valence electrons. The second-order valence-corrected chi connectivity index (χ2v) is 5.92. The first kappa shape index (κ1) is 12.6. The molecule has 2 nitrogen and oxygen atoms in total. The van der Waals surface area contributed by atoms with Crippen LogP contribution in [0.2, 0.25) is 0 Å². The highest BCUT2D eigenvalue weighted by Crippen LogP contribution is 2.33. The maximum Gasteiger partial charge on any atom is 0.0672 e. The van der Waals surface area contributed by atoms with E-state index in [4.69, 9.17) is 0 Å². The number of hydrogen-bond acceptors (Lipinski definition) is 3. The molecule has 0 spiro atoms. The van der Waals surface area contributed by atoms with Crippen LogP contribution < -0.4 is 0 Å². The van der Waals surface area contributed by atoms with Gasteiger partial charge in [0.15, 0.2) is 0 Å². The van der Waals surface area contributed by atoms with E-state index in [1.54, 1.807) is 0 Å². The highest BCUT2D eigenvalue weighted by molar-refractivity contribution is 7.10. The maximum absolute atomic E-state index is 9.25. The lowest BCUT2D eigenvalue weighted by molar-refractivity contribution is 0.120. The van der Waals surface area contributed by atoms with Crippen molar-refractivity contribution in [3.05, 3.63) is 22.4 Å². The minimum atomic E-state index is 0.219. The maximum atomic E-state index is 9.25. The van der Waals surface area contributed by atoms with E-state index in [0.29, 0.717) is 12.1 Å². The van der Waals surface area contributed by atoms with Gasteiger partial charge in [0.05, 0.1) is 12.0 Å². The Balaban J connectivity index is 2.08. The van der Waals surface area contributed by atoms with Gasteiger partial charge in [0.1, 0.15) is 0 Å². The lowest BCUT2D eigenvalue weighted by atomic mass is 9.84. The quantitative estimate of drug-likeness (QED) is 0.813. The van der Waals surface area contributed by atoms with Gasteiger partial charge < -0.3 is 0 Å². The number of nitriles is 1. The van der Waals surface area contributed by atoms with Gasteiger partial charge in [-0.25, -0.2) is 0 Å². The highest BCUT2D eigenvalue weighted by Gasteiger charge is 2.30. The fourth-order valence-corrected chi connectivity index (χ4v) is 3.60. The molecule has 0 N–H and O–H groups in total. The van der Waals surface area contributed by atoms with E-state index in [9.17, 15) is 5.26 Å². The molecular formula is C14H20N2S. The molecular weight excluding hydrogens is 228 g/mol. The van der Waals surface area contributed by atoms with E-state index < -0.39 is 0 Å². The molecule has 1 heterocycles. The van der Waals surface area contributed by atoms with Gasteiger partial charge in [0.2, 0.25) is 0 Å². The highest BCUT2D eigenvalue weighted by atomic mass is 32.1. The molecule has 1 aromatic rings. The van der Waals surface area contributed by atoms with Gasteiger partial charge in [0, 0.05) is 17.0 Å². The molecule has 1 aliphatic carbocycles. The molecule has 0 bridgehead atoms. The van der Waals surface area contributed by atoms with E-state index in [-0.39, 0.29) is 5.92 Å². The Bertz CT molecular complexity index is 379. The van der Waals surface area contributed by atoms with Crippen molar-refractivity contribution in [3.8, 4) is 6.07 Å². The van der Waals surface area contributed by atoms with Gasteiger partial charge >= 0.3 is 0 Å². The van der Waals surface area contributed by atoms with Crippen LogP contribution in [0.1, 0.15) is 43.5 Å². The molecule has 3 heteroatoms. The van der Waals surface area contributed by atoms with Gasteiger partial charge in [-0.15, -0.1) is 11.3 Å². The normalized spacial score (nSPS) is 26.7. The lowest BCUT2D eigenvalue weighted by Gasteiger charge is -2.38. The summed E-state index contributed by atoms with van der Waals surface area (Å²) in [4.78, 5) is 3.80. The Kier molecular flexibility index (Phi) is 4.20. The standard InChI is InChI=1S/C14H20N2S/c1-11(14-8-5-9-17-14)16(2)13-7-4-3-6-12(13)10-15/h5,8-9,11-13H,3-4,6-7H2,1-2H3. The van der Waals surface area contributed by atoms with Crippen molar-refractivity contribution in [2.75, 3.05) is 7.05 Å². The molecule has 1 aliphatic rings. The van der Waals surface area contributed by atoms with Gasteiger partial charge in [-0.1, -0.05) is 18.9 Å². The molecule has 0 radical (unpaired) electrons. The van der Waals surface area contributed by atoms with Crippen LogP contribution >= 0.6 is 11.3 Å². The first-order chi connectivity index (χ1) is 8.24. The molecule has 1 fully saturated rings. The summed E-state index contributed by atoms with van der Waals surface area (Å²) in [5.41, 5.74) is 0. The van der Waals surface area contributed by atoms with E-state index in [0.717, 1.165) is 6.42 Å². The summed E-state index contributed by atoms with van der Waals surface area (Å²) in [6.07, 6.45) is 4.73. The molecule has 0 aromatic carbocycles. The van der Waals surface area contributed by atoms with Gasteiger partial charge in [-0.3, -0.25) is 4.90 Å². The average Bonchev–Trinajstić information content (AvgIpc) is 2.90.